The van der Waals surface area contributed by atoms with Crippen molar-refractivity contribution in [2.75, 3.05) is 32.7 Å². The van der Waals surface area contributed by atoms with E-state index >= 15 is 0 Å². The molecule has 27 heavy (non-hydrogen) atoms. The largest absolute Gasteiger partial charge is 0.336 e. The van der Waals surface area contributed by atoms with Gasteiger partial charge < -0.3 is 4.90 Å². The highest BCUT2D eigenvalue weighted by molar-refractivity contribution is 5.95. The van der Waals surface area contributed by atoms with E-state index in [4.69, 9.17) is 0 Å². The number of piperazine rings is 1. The molecular formula is C22H28N4O. The molecule has 1 aromatic heterocycles. The fourth-order valence-corrected chi connectivity index (χ4v) is 3.42. The lowest BCUT2D eigenvalue weighted by Gasteiger charge is -2.34. The van der Waals surface area contributed by atoms with Crippen LogP contribution in [0.25, 0.3) is 11.3 Å². The molecule has 1 aliphatic heterocycles. The molecule has 1 amide bonds. The zero-order valence-corrected chi connectivity index (χ0v) is 16.3. The lowest BCUT2D eigenvalue weighted by atomic mass is 10.1. The minimum Gasteiger partial charge on any atom is -0.336 e. The Morgan fingerprint density at radius 1 is 1.19 bits per heavy atom. The normalized spacial score (nSPS) is 15.0. The van der Waals surface area contributed by atoms with Crippen LogP contribution in [-0.2, 0) is 6.42 Å². The summed E-state index contributed by atoms with van der Waals surface area (Å²) in [5.41, 5.74) is 3.53. The van der Waals surface area contributed by atoms with Crippen molar-refractivity contribution in [3.63, 3.8) is 0 Å². The van der Waals surface area contributed by atoms with Gasteiger partial charge in [-0.1, -0.05) is 25.1 Å². The average molecular weight is 364 g/mol. The highest BCUT2D eigenvalue weighted by Gasteiger charge is 2.21. The molecule has 0 unspecified atom stereocenters. The maximum atomic E-state index is 12.9. The third kappa shape index (κ3) is 4.80. The number of benzene rings is 1. The molecule has 2 heterocycles. The summed E-state index contributed by atoms with van der Waals surface area (Å²) in [6.45, 7) is 12.1. The summed E-state index contributed by atoms with van der Waals surface area (Å²) in [5, 5.41) is 0. The molecule has 0 bridgehead atoms. The van der Waals surface area contributed by atoms with Gasteiger partial charge in [0.2, 0.25) is 0 Å². The van der Waals surface area contributed by atoms with E-state index in [-0.39, 0.29) is 5.91 Å². The Kier molecular flexibility index (Phi) is 6.35. The number of carbonyl (C=O) groups excluding carboxylic acids is 1. The van der Waals surface area contributed by atoms with Crippen molar-refractivity contribution in [3.05, 3.63) is 60.1 Å². The highest BCUT2D eigenvalue weighted by atomic mass is 16.2. The second-order valence-electron chi connectivity index (χ2n) is 7.02. The van der Waals surface area contributed by atoms with Crippen molar-refractivity contribution in [1.82, 2.24) is 19.8 Å². The highest BCUT2D eigenvalue weighted by Crippen LogP contribution is 2.21. The fourth-order valence-electron chi connectivity index (χ4n) is 3.42. The number of aromatic nitrogens is 2. The van der Waals surface area contributed by atoms with Gasteiger partial charge in [0.1, 0.15) is 5.82 Å². The van der Waals surface area contributed by atoms with Crippen LogP contribution in [0.15, 0.2) is 43.0 Å². The molecule has 5 nitrogen and oxygen atoms in total. The topological polar surface area (TPSA) is 49.3 Å². The van der Waals surface area contributed by atoms with Crippen LogP contribution in [0.3, 0.4) is 0 Å². The van der Waals surface area contributed by atoms with E-state index in [1.54, 1.807) is 0 Å². The lowest BCUT2D eigenvalue weighted by Crippen LogP contribution is -2.48. The second kappa shape index (κ2) is 8.91. The molecule has 142 valence electrons. The van der Waals surface area contributed by atoms with E-state index < -0.39 is 0 Å². The van der Waals surface area contributed by atoms with E-state index in [1.165, 1.54) is 0 Å². The van der Waals surface area contributed by atoms with Gasteiger partial charge in [0.15, 0.2) is 0 Å². The van der Waals surface area contributed by atoms with Crippen LogP contribution in [0.5, 0.6) is 0 Å². The third-order valence-corrected chi connectivity index (χ3v) is 4.83. The van der Waals surface area contributed by atoms with Crippen molar-refractivity contribution < 1.29 is 4.79 Å². The molecule has 1 aliphatic rings. The summed E-state index contributed by atoms with van der Waals surface area (Å²) in [4.78, 5) is 26.4. The maximum Gasteiger partial charge on any atom is 0.253 e. The Morgan fingerprint density at radius 3 is 2.67 bits per heavy atom. The van der Waals surface area contributed by atoms with Crippen LogP contribution in [0, 0.1) is 6.92 Å². The van der Waals surface area contributed by atoms with Crippen molar-refractivity contribution in [2.24, 2.45) is 0 Å². The van der Waals surface area contributed by atoms with Crippen LogP contribution in [-0.4, -0.2) is 58.4 Å². The average Bonchev–Trinajstić information content (AvgIpc) is 2.68. The summed E-state index contributed by atoms with van der Waals surface area (Å²) in [6.07, 6.45) is 3.79. The number of aryl methyl sites for hydroxylation is 2. The van der Waals surface area contributed by atoms with Gasteiger partial charge in [0, 0.05) is 56.0 Å². The Balaban J connectivity index is 1.78. The predicted molar refractivity (Wildman–Crippen MR) is 109 cm³/mol. The van der Waals surface area contributed by atoms with Crippen molar-refractivity contribution in [2.45, 2.75) is 26.7 Å². The Morgan fingerprint density at radius 2 is 1.96 bits per heavy atom. The van der Waals surface area contributed by atoms with Gasteiger partial charge >= 0.3 is 0 Å². The minimum absolute atomic E-state index is 0.0923. The number of hydrogen-bond donors (Lipinski definition) is 0. The Labute approximate surface area is 161 Å². The zero-order chi connectivity index (χ0) is 19.2. The molecule has 1 aromatic carbocycles. The number of nitrogens with zero attached hydrogens (tertiary/aromatic N) is 4. The molecular weight excluding hydrogens is 336 g/mol. The molecule has 1 fully saturated rings. The van der Waals surface area contributed by atoms with Crippen LogP contribution in [0.2, 0.25) is 0 Å². The molecule has 0 N–H and O–H groups in total. The predicted octanol–water partition coefficient (Wildman–Crippen LogP) is 3.35. The third-order valence-electron chi connectivity index (χ3n) is 4.83. The van der Waals surface area contributed by atoms with Crippen LogP contribution in [0.4, 0.5) is 0 Å². The van der Waals surface area contributed by atoms with E-state index in [9.17, 15) is 4.79 Å². The van der Waals surface area contributed by atoms with E-state index in [2.05, 4.69) is 28.4 Å². The monoisotopic (exact) mass is 364 g/mol. The van der Waals surface area contributed by atoms with Crippen LogP contribution < -0.4 is 0 Å². The first-order valence-electron chi connectivity index (χ1n) is 9.68. The molecule has 0 radical (unpaired) electrons. The van der Waals surface area contributed by atoms with Crippen molar-refractivity contribution in [1.29, 1.82) is 0 Å². The second-order valence-corrected chi connectivity index (χ2v) is 7.02. The van der Waals surface area contributed by atoms with Gasteiger partial charge in [-0.3, -0.25) is 9.69 Å². The van der Waals surface area contributed by atoms with Gasteiger partial charge in [-0.15, -0.1) is 6.58 Å². The Bertz CT molecular complexity index is 810. The standard InChI is InChI=1S/C22H28N4O/c1-4-7-21-23-17(3)15-20(24-21)18-8-6-9-19(16-18)22(27)26-13-11-25(10-5-2)12-14-26/h5-6,8-9,15-16H,2,4,7,10-14H2,1,3H3. The SMILES string of the molecule is C=CCN1CCN(C(=O)c2cccc(-c3cc(C)nc(CCC)n3)c2)CC1. The van der Waals surface area contributed by atoms with Gasteiger partial charge in [0.05, 0.1) is 5.69 Å². The molecule has 1 saturated heterocycles. The van der Waals surface area contributed by atoms with Crippen LogP contribution >= 0.6 is 0 Å². The lowest BCUT2D eigenvalue weighted by molar-refractivity contribution is 0.0650. The summed E-state index contributed by atoms with van der Waals surface area (Å²) >= 11 is 0. The van der Waals surface area contributed by atoms with Crippen molar-refractivity contribution >= 4 is 5.91 Å². The number of carbonyl (C=O) groups is 1. The first kappa shape index (κ1) is 19.2. The van der Waals surface area contributed by atoms with E-state index in [0.29, 0.717) is 0 Å². The number of amides is 1. The van der Waals surface area contributed by atoms with Crippen LogP contribution in [0.1, 0.15) is 35.2 Å². The van der Waals surface area contributed by atoms with Gasteiger partial charge in [-0.25, -0.2) is 9.97 Å². The maximum absolute atomic E-state index is 12.9. The molecule has 3 rings (SSSR count). The van der Waals surface area contributed by atoms with E-state index in [1.807, 2.05) is 48.2 Å². The molecule has 0 saturated carbocycles. The van der Waals surface area contributed by atoms with Gasteiger partial charge in [0.25, 0.3) is 5.91 Å². The van der Waals surface area contributed by atoms with Crippen molar-refractivity contribution in [3.8, 4) is 11.3 Å². The van der Waals surface area contributed by atoms with Gasteiger partial charge in [-0.2, -0.15) is 0 Å². The summed E-state index contributed by atoms with van der Waals surface area (Å²) in [6, 6.07) is 9.78. The quantitative estimate of drug-likeness (QED) is 0.738. The molecule has 0 aliphatic carbocycles. The molecule has 0 atom stereocenters. The number of rotatable bonds is 6. The smallest absolute Gasteiger partial charge is 0.253 e. The number of hydrogen-bond acceptors (Lipinski definition) is 4. The first-order valence-corrected chi connectivity index (χ1v) is 9.68. The summed E-state index contributed by atoms with van der Waals surface area (Å²) in [7, 11) is 0. The Hall–Kier alpha value is -2.53. The van der Waals surface area contributed by atoms with E-state index in [0.717, 1.165) is 73.9 Å². The molecule has 0 spiro atoms. The minimum atomic E-state index is 0.0923. The summed E-state index contributed by atoms with van der Waals surface area (Å²) in [5.74, 6) is 0.956. The summed E-state index contributed by atoms with van der Waals surface area (Å²) < 4.78 is 0. The molecule has 2 aromatic rings. The first-order chi connectivity index (χ1) is 13.1. The van der Waals surface area contributed by atoms with Gasteiger partial charge in [-0.05, 0) is 31.5 Å². The zero-order valence-electron chi connectivity index (χ0n) is 16.3. The molecule has 5 heteroatoms. The fraction of sp³-hybridized carbons (Fsp3) is 0.409.